The van der Waals surface area contributed by atoms with Crippen molar-refractivity contribution in [1.29, 1.82) is 0 Å². The van der Waals surface area contributed by atoms with Crippen LogP contribution in [0.4, 0.5) is 10.8 Å². The first-order valence-corrected chi connectivity index (χ1v) is 8.94. The Hall–Kier alpha value is -2.48. The number of aromatic nitrogens is 1. The molecule has 0 spiro atoms. The number of rotatable bonds is 5. The van der Waals surface area contributed by atoms with E-state index in [2.05, 4.69) is 10.3 Å². The van der Waals surface area contributed by atoms with Gasteiger partial charge < -0.3 is 0 Å². The van der Waals surface area contributed by atoms with Crippen LogP contribution < -0.4 is 5.32 Å². The van der Waals surface area contributed by atoms with Gasteiger partial charge in [0.2, 0.25) is 0 Å². The molecule has 0 bridgehead atoms. The van der Waals surface area contributed by atoms with Crippen LogP contribution in [-0.2, 0) is 6.42 Å². The van der Waals surface area contributed by atoms with Crippen LogP contribution >= 0.6 is 34.5 Å². The largest absolute Gasteiger partial charge is 0.298 e. The topological polar surface area (TPSA) is 85.1 Å². The fourth-order valence-electron chi connectivity index (χ4n) is 2.23. The third-order valence-corrected chi connectivity index (χ3v) is 5.11. The fraction of sp³-hybridized carbons (Fsp3) is 0.0588. The number of halogens is 2. The number of non-ortho nitro benzene ring substituents is 1. The Bertz CT molecular complexity index is 991. The minimum Gasteiger partial charge on any atom is -0.298 e. The average Bonchev–Trinajstić information content (AvgIpc) is 3.05. The van der Waals surface area contributed by atoms with Crippen LogP contribution in [0.3, 0.4) is 0 Å². The molecule has 0 saturated carbocycles. The maximum atomic E-state index is 12.2. The maximum absolute atomic E-state index is 12.2. The highest BCUT2D eigenvalue weighted by Gasteiger charge is 2.13. The van der Waals surface area contributed by atoms with Crippen molar-refractivity contribution in [1.82, 2.24) is 4.98 Å². The zero-order valence-corrected chi connectivity index (χ0v) is 15.4. The number of benzene rings is 2. The molecule has 0 atom stereocenters. The molecule has 3 aromatic rings. The van der Waals surface area contributed by atoms with Gasteiger partial charge in [-0.25, -0.2) is 4.98 Å². The Morgan fingerprint density at radius 3 is 2.73 bits per heavy atom. The molecule has 6 nitrogen and oxygen atoms in total. The van der Waals surface area contributed by atoms with Crippen LogP contribution in [0.15, 0.2) is 48.7 Å². The molecule has 0 aliphatic heterocycles. The molecule has 26 heavy (non-hydrogen) atoms. The Balaban J connectivity index is 1.70. The molecule has 9 heteroatoms. The second kappa shape index (κ2) is 7.82. The summed E-state index contributed by atoms with van der Waals surface area (Å²) in [4.78, 5) is 27.6. The molecule has 0 aliphatic rings. The lowest BCUT2D eigenvalue weighted by Crippen LogP contribution is -2.11. The number of carbonyl (C=O) groups excluding carboxylic acids is 1. The lowest BCUT2D eigenvalue weighted by atomic mass is 10.1. The van der Waals surface area contributed by atoms with Gasteiger partial charge in [0.05, 0.1) is 15.0 Å². The van der Waals surface area contributed by atoms with E-state index in [-0.39, 0.29) is 11.3 Å². The predicted octanol–water partition coefficient (Wildman–Crippen LogP) is 5.20. The van der Waals surface area contributed by atoms with E-state index in [1.165, 1.54) is 35.6 Å². The molecule has 0 radical (unpaired) electrons. The molecule has 2 aromatic carbocycles. The van der Waals surface area contributed by atoms with Gasteiger partial charge in [0.25, 0.3) is 11.6 Å². The highest BCUT2D eigenvalue weighted by atomic mass is 35.5. The number of thiazole rings is 1. The van der Waals surface area contributed by atoms with Crippen LogP contribution in [0.25, 0.3) is 0 Å². The van der Waals surface area contributed by atoms with Gasteiger partial charge in [0, 0.05) is 35.2 Å². The van der Waals surface area contributed by atoms with Gasteiger partial charge >= 0.3 is 0 Å². The SMILES string of the molecule is O=C(Nc1ncc(Cc2ccc(Cl)c(Cl)c2)s1)c1cccc([N+](=O)[O-])c1. The molecule has 1 amide bonds. The predicted molar refractivity (Wildman–Crippen MR) is 102 cm³/mol. The first kappa shape index (κ1) is 18.3. The van der Waals surface area contributed by atoms with E-state index >= 15 is 0 Å². The smallest absolute Gasteiger partial charge is 0.270 e. The number of hydrogen-bond donors (Lipinski definition) is 1. The number of hydrogen-bond acceptors (Lipinski definition) is 5. The van der Waals surface area contributed by atoms with Crippen molar-refractivity contribution in [3.8, 4) is 0 Å². The lowest BCUT2D eigenvalue weighted by Gasteiger charge is -2.02. The van der Waals surface area contributed by atoms with Crippen LogP contribution in [0, 0.1) is 10.1 Å². The van der Waals surface area contributed by atoms with Crippen LogP contribution in [0.5, 0.6) is 0 Å². The van der Waals surface area contributed by atoms with Gasteiger partial charge in [-0.2, -0.15) is 0 Å². The zero-order valence-electron chi connectivity index (χ0n) is 13.1. The Morgan fingerprint density at radius 1 is 1.19 bits per heavy atom. The normalized spacial score (nSPS) is 10.5. The van der Waals surface area contributed by atoms with E-state index in [1.54, 1.807) is 18.3 Å². The van der Waals surface area contributed by atoms with E-state index < -0.39 is 10.8 Å². The van der Waals surface area contributed by atoms with Crippen molar-refractivity contribution in [3.05, 3.63) is 84.8 Å². The van der Waals surface area contributed by atoms with Gasteiger partial charge in [-0.1, -0.05) is 35.3 Å². The number of anilines is 1. The molecule has 0 aliphatic carbocycles. The number of amides is 1. The molecule has 0 unspecified atom stereocenters. The van der Waals surface area contributed by atoms with E-state index in [1.807, 2.05) is 6.07 Å². The number of nitro groups is 1. The Kier molecular flexibility index (Phi) is 5.51. The highest BCUT2D eigenvalue weighted by molar-refractivity contribution is 7.15. The average molecular weight is 408 g/mol. The summed E-state index contributed by atoms with van der Waals surface area (Å²) in [7, 11) is 0. The third kappa shape index (κ3) is 4.37. The minimum atomic E-state index is -0.546. The molecule has 1 heterocycles. The Morgan fingerprint density at radius 2 is 2.00 bits per heavy atom. The summed E-state index contributed by atoms with van der Waals surface area (Å²) in [6.45, 7) is 0. The van der Waals surface area contributed by atoms with Gasteiger partial charge in [-0.05, 0) is 23.8 Å². The Labute approximate surface area is 162 Å². The number of nitro benzene ring substituents is 1. The van der Waals surface area contributed by atoms with Crippen molar-refractivity contribution in [2.45, 2.75) is 6.42 Å². The molecule has 1 aromatic heterocycles. The fourth-order valence-corrected chi connectivity index (χ4v) is 3.39. The standard InChI is InChI=1S/C17H11Cl2N3O3S/c18-14-5-4-10(7-15(14)19)6-13-9-20-17(26-13)21-16(23)11-2-1-3-12(8-11)22(24)25/h1-5,7-9H,6H2,(H,20,21,23). The quantitative estimate of drug-likeness (QED) is 0.464. The van der Waals surface area contributed by atoms with E-state index in [0.717, 1.165) is 10.4 Å². The van der Waals surface area contributed by atoms with Gasteiger partial charge in [-0.15, -0.1) is 11.3 Å². The third-order valence-electron chi connectivity index (χ3n) is 3.46. The maximum Gasteiger partial charge on any atom is 0.270 e. The molecular weight excluding hydrogens is 397 g/mol. The van der Waals surface area contributed by atoms with Crippen LogP contribution in [0.2, 0.25) is 10.0 Å². The monoisotopic (exact) mass is 407 g/mol. The molecule has 0 saturated heterocycles. The van der Waals surface area contributed by atoms with Crippen molar-refractivity contribution in [3.63, 3.8) is 0 Å². The van der Waals surface area contributed by atoms with Crippen molar-refractivity contribution >= 4 is 51.3 Å². The second-order valence-electron chi connectivity index (χ2n) is 5.32. The summed E-state index contributed by atoms with van der Waals surface area (Å²) in [5, 5.41) is 14.8. The van der Waals surface area contributed by atoms with Crippen molar-refractivity contribution < 1.29 is 9.72 Å². The summed E-state index contributed by atoms with van der Waals surface area (Å²) in [5.74, 6) is -0.455. The molecule has 3 rings (SSSR count). The summed E-state index contributed by atoms with van der Waals surface area (Å²) >= 11 is 13.2. The number of nitrogens with zero attached hydrogens (tertiary/aromatic N) is 2. The van der Waals surface area contributed by atoms with Gasteiger partial charge in [-0.3, -0.25) is 20.2 Å². The van der Waals surface area contributed by atoms with E-state index in [9.17, 15) is 14.9 Å². The molecule has 1 N–H and O–H groups in total. The summed E-state index contributed by atoms with van der Waals surface area (Å²) in [6, 6.07) is 10.9. The number of nitrogens with one attached hydrogen (secondary N) is 1. The van der Waals surface area contributed by atoms with Crippen LogP contribution in [0.1, 0.15) is 20.8 Å². The summed E-state index contributed by atoms with van der Waals surface area (Å²) < 4.78 is 0. The number of carbonyl (C=O) groups is 1. The molecule has 0 fully saturated rings. The van der Waals surface area contributed by atoms with Gasteiger partial charge in [0.1, 0.15) is 0 Å². The first-order valence-electron chi connectivity index (χ1n) is 7.37. The van der Waals surface area contributed by atoms with Gasteiger partial charge in [0.15, 0.2) is 5.13 Å². The van der Waals surface area contributed by atoms with Crippen LogP contribution in [-0.4, -0.2) is 15.8 Å². The minimum absolute atomic E-state index is 0.142. The zero-order chi connectivity index (χ0) is 18.7. The highest BCUT2D eigenvalue weighted by Crippen LogP contribution is 2.26. The second-order valence-corrected chi connectivity index (χ2v) is 7.25. The van der Waals surface area contributed by atoms with E-state index in [0.29, 0.717) is 21.6 Å². The lowest BCUT2D eigenvalue weighted by molar-refractivity contribution is -0.384. The van der Waals surface area contributed by atoms with Crippen molar-refractivity contribution in [2.24, 2.45) is 0 Å². The summed E-state index contributed by atoms with van der Waals surface area (Å²) in [6.07, 6.45) is 2.26. The summed E-state index contributed by atoms with van der Waals surface area (Å²) in [5.41, 5.74) is 1.03. The first-order chi connectivity index (χ1) is 12.4. The molecular formula is C17H11Cl2N3O3S. The van der Waals surface area contributed by atoms with Crippen molar-refractivity contribution in [2.75, 3.05) is 5.32 Å². The van der Waals surface area contributed by atoms with E-state index in [4.69, 9.17) is 23.2 Å². The molecule has 132 valence electrons.